The molecule has 0 unspecified atom stereocenters. The first kappa shape index (κ1) is 7.80. The van der Waals surface area contributed by atoms with Crippen LogP contribution in [0, 0.1) is 5.92 Å². The molecule has 2 heterocycles. The second-order valence-corrected chi connectivity index (χ2v) is 4.59. The van der Waals surface area contributed by atoms with Gasteiger partial charge in [0, 0.05) is 19.1 Å². The molecule has 0 aromatic carbocycles. The van der Waals surface area contributed by atoms with Crippen molar-refractivity contribution in [1.29, 1.82) is 0 Å². The lowest BCUT2D eigenvalue weighted by atomic mass is 9.97. The summed E-state index contributed by atoms with van der Waals surface area (Å²) in [4.78, 5) is 13.9. The lowest BCUT2D eigenvalue weighted by molar-refractivity contribution is -0.137. The van der Waals surface area contributed by atoms with Gasteiger partial charge in [0.25, 0.3) is 0 Å². The summed E-state index contributed by atoms with van der Waals surface area (Å²) in [5.41, 5.74) is 0. The normalized spacial score (nSPS) is 42.2. The number of carbonyl (C=O) groups is 1. The molecular formula is C10H16N2O. The number of nitrogens with one attached hydrogen (secondary N) is 1. The Bertz CT molecular complexity index is 237. The zero-order valence-corrected chi connectivity index (χ0v) is 7.83. The fourth-order valence-corrected chi connectivity index (χ4v) is 2.87. The molecule has 1 saturated carbocycles. The van der Waals surface area contributed by atoms with Gasteiger partial charge < -0.3 is 10.2 Å². The Morgan fingerprint density at radius 3 is 2.62 bits per heavy atom. The summed E-state index contributed by atoms with van der Waals surface area (Å²) in [6.07, 6.45) is 4.99. The van der Waals surface area contributed by atoms with E-state index in [1.165, 1.54) is 25.7 Å². The minimum Gasteiger partial charge on any atom is -0.341 e. The maximum absolute atomic E-state index is 11.9. The molecule has 2 bridgehead atoms. The van der Waals surface area contributed by atoms with E-state index in [4.69, 9.17) is 0 Å². The van der Waals surface area contributed by atoms with Crippen LogP contribution >= 0.6 is 0 Å². The standard InChI is InChI=1S/C10H16N2O/c13-10(12-4-1-5-12)9-7-2-3-8(6-7)11-9/h7-9,11H,1-6H2/t7-,8+,9-/m0/s1. The van der Waals surface area contributed by atoms with Crippen LogP contribution in [0.25, 0.3) is 0 Å². The summed E-state index contributed by atoms with van der Waals surface area (Å²) in [5.74, 6) is 1.02. The number of fused-ring (bicyclic) bond motifs is 2. The summed E-state index contributed by atoms with van der Waals surface area (Å²) in [6, 6.07) is 0.833. The van der Waals surface area contributed by atoms with Crippen LogP contribution in [0.5, 0.6) is 0 Å². The molecule has 3 heteroatoms. The number of piperidine rings is 1. The third-order valence-electron chi connectivity index (χ3n) is 3.79. The van der Waals surface area contributed by atoms with Crippen LogP contribution in [0.3, 0.4) is 0 Å². The van der Waals surface area contributed by atoms with E-state index in [0.29, 0.717) is 17.9 Å². The highest BCUT2D eigenvalue weighted by Crippen LogP contribution is 2.36. The van der Waals surface area contributed by atoms with E-state index in [-0.39, 0.29) is 6.04 Å². The van der Waals surface area contributed by atoms with Crippen LogP contribution in [0.1, 0.15) is 25.7 Å². The predicted molar refractivity (Wildman–Crippen MR) is 49.2 cm³/mol. The molecular weight excluding hydrogens is 164 g/mol. The van der Waals surface area contributed by atoms with E-state index >= 15 is 0 Å². The minimum absolute atomic E-state index is 0.180. The van der Waals surface area contributed by atoms with Gasteiger partial charge in [0.15, 0.2) is 0 Å². The van der Waals surface area contributed by atoms with Crippen molar-refractivity contribution in [2.24, 2.45) is 5.92 Å². The monoisotopic (exact) mass is 180 g/mol. The fraction of sp³-hybridized carbons (Fsp3) is 0.900. The average molecular weight is 180 g/mol. The Balaban J connectivity index is 1.68. The highest BCUT2D eigenvalue weighted by molar-refractivity contribution is 5.83. The summed E-state index contributed by atoms with van der Waals surface area (Å²) in [6.45, 7) is 1.99. The van der Waals surface area contributed by atoms with E-state index in [1.807, 2.05) is 4.90 Å². The van der Waals surface area contributed by atoms with E-state index in [0.717, 1.165) is 13.1 Å². The molecule has 3 atom stereocenters. The van der Waals surface area contributed by atoms with E-state index < -0.39 is 0 Å². The van der Waals surface area contributed by atoms with Crippen molar-refractivity contribution in [3.63, 3.8) is 0 Å². The van der Waals surface area contributed by atoms with E-state index in [1.54, 1.807) is 0 Å². The van der Waals surface area contributed by atoms with Crippen LogP contribution in [0.4, 0.5) is 0 Å². The van der Waals surface area contributed by atoms with Crippen molar-refractivity contribution in [2.45, 2.75) is 37.8 Å². The van der Waals surface area contributed by atoms with E-state index in [9.17, 15) is 4.79 Å². The van der Waals surface area contributed by atoms with Crippen LogP contribution in [0.2, 0.25) is 0 Å². The first-order valence-corrected chi connectivity index (χ1v) is 5.39. The van der Waals surface area contributed by atoms with Gasteiger partial charge in [0.05, 0.1) is 6.04 Å². The maximum atomic E-state index is 11.9. The third kappa shape index (κ3) is 1.10. The van der Waals surface area contributed by atoms with Gasteiger partial charge in [-0.1, -0.05) is 0 Å². The van der Waals surface area contributed by atoms with Crippen molar-refractivity contribution in [2.75, 3.05) is 13.1 Å². The summed E-state index contributed by atoms with van der Waals surface area (Å²) in [7, 11) is 0. The molecule has 1 N–H and O–H groups in total. The first-order valence-electron chi connectivity index (χ1n) is 5.39. The van der Waals surface area contributed by atoms with Gasteiger partial charge in [0.2, 0.25) is 5.91 Å². The van der Waals surface area contributed by atoms with Gasteiger partial charge in [-0.3, -0.25) is 4.79 Å². The molecule has 0 spiro atoms. The molecule has 1 amide bonds. The minimum atomic E-state index is 0.180. The van der Waals surface area contributed by atoms with Gasteiger partial charge in [-0.15, -0.1) is 0 Å². The Morgan fingerprint density at radius 1 is 1.31 bits per heavy atom. The number of rotatable bonds is 1. The Morgan fingerprint density at radius 2 is 2.15 bits per heavy atom. The molecule has 2 saturated heterocycles. The average Bonchev–Trinajstić information content (AvgIpc) is 2.59. The van der Waals surface area contributed by atoms with Crippen molar-refractivity contribution < 1.29 is 4.79 Å². The third-order valence-corrected chi connectivity index (χ3v) is 3.79. The topological polar surface area (TPSA) is 32.3 Å². The molecule has 3 fully saturated rings. The fourth-order valence-electron chi connectivity index (χ4n) is 2.87. The quantitative estimate of drug-likeness (QED) is 0.632. The molecule has 2 aliphatic heterocycles. The molecule has 3 aliphatic rings. The molecule has 72 valence electrons. The largest absolute Gasteiger partial charge is 0.341 e. The summed E-state index contributed by atoms with van der Waals surface area (Å²) < 4.78 is 0. The number of hydrogen-bond acceptors (Lipinski definition) is 2. The van der Waals surface area contributed by atoms with Gasteiger partial charge >= 0.3 is 0 Å². The summed E-state index contributed by atoms with van der Waals surface area (Å²) in [5, 5.41) is 3.45. The SMILES string of the molecule is O=C([C@H]1N[C@@H]2CC[C@H]1C2)N1CCC1. The Kier molecular flexibility index (Phi) is 1.62. The number of likely N-dealkylation sites (tertiary alicyclic amines) is 1. The molecule has 3 rings (SSSR count). The van der Waals surface area contributed by atoms with Crippen molar-refractivity contribution in [3.05, 3.63) is 0 Å². The van der Waals surface area contributed by atoms with Crippen LogP contribution in [0.15, 0.2) is 0 Å². The number of hydrogen-bond donors (Lipinski definition) is 1. The second kappa shape index (κ2) is 2.71. The smallest absolute Gasteiger partial charge is 0.240 e. The lowest BCUT2D eigenvalue weighted by Crippen LogP contribution is -2.53. The van der Waals surface area contributed by atoms with Crippen LogP contribution in [-0.2, 0) is 4.79 Å². The number of amides is 1. The zero-order chi connectivity index (χ0) is 8.84. The lowest BCUT2D eigenvalue weighted by Gasteiger charge is -2.35. The van der Waals surface area contributed by atoms with E-state index in [2.05, 4.69) is 5.32 Å². The van der Waals surface area contributed by atoms with Gasteiger partial charge in [0.1, 0.15) is 0 Å². The maximum Gasteiger partial charge on any atom is 0.240 e. The molecule has 3 nitrogen and oxygen atoms in total. The molecule has 1 aliphatic carbocycles. The van der Waals surface area contributed by atoms with Crippen molar-refractivity contribution in [1.82, 2.24) is 10.2 Å². The zero-order valence-electron chi connectivity index (χ0n) is 7.83. The highest BCUT2D eigenvalue weighted by Gasteiger charge is 2.44. The molecule has 13 heavy (non-hydrogen) atoms. The number of carbonyl (C=O) groups excluding carboxylic acids is 1. The van der Waals surface area contributed by atoms with Crippen molar-refractivity contribution in [3.8, 4) is 0 Å². The van der Waals surface area contributed by atoms with Gasteiger partial charge in [-0.25, -0.2) is 0 Å². The Labute approximate surface area is 78.5 Å². The number of nitrogens with zero attached hydrogens (tertiary/aromatic N) is 1. The first-order chi connectivity index (χ1) is 6.34. The second-order valence-electron chi connectivity index (χ2n) is 4.59. The molecule has 0 aromatic rings. The predicted octanol–water partition coefficient (Wildman–Crippen LogP) is 0.359. The Hall–Kier alpha value is -0.570. The van der Waals surface area contributed by atoms with Crippen molar-refractivity contribution >= 4 is 5.91 Å². The highest BCUT2D eigenvalue weighted by atomic mass is 16.2. The molecule has 0 aromatic heterocycles. The summed E-state index contributed by atoms with van der Waals surface area (Å²) >= 11 is 0. The van der Waals surface area contributed by atoms with Gasteiger partial charge in [-0.2, -0.15) is 0 Å². The van der Waals surface area contributed by atoms with Crippen LogP contribution < -0.4 is 5.32 Å². The van der Waals surface area contributed by atoms with Crippen LogP contribution in [-0.4, -0.2) is 36.0 Å². The molecule has 0 radical (unpaired) electrons. The van der Waals surface area contributed by atoms with Gasteiger partial charge in [-0.05, 0) is 31.6 Å².